The second-order valence-electron chi connectivity index (χ2n) is 4.61. The first-order valence-corrected chi connectivity index (χ1v) is 6.32. The number of likely N-dealkylation sites (tertiary alicyclic amines) is 1. The van der Waals surface area contributed by atoms with E-state index in [1.165, 1.54) is 18.4 Å². The van der Waals surface area contributed by atoms with Crippen molar-refractivity contribution in [2.45, 2.75) is 25.4 Å². The van der Waals surface area contributed by atoms with Crippen molar-refractivity contribution >= 4 is 0 Å². The van der Waals surface area contributed by atoms with E-state index in [1.807, 2.05) is 18.6 Å². The molecular formula is C14H16N4. The molecule has 2 aromatic rings. The fraction of sp³-hybridized carbons (Fsp3) is 0.357. The summed E-state index contributed by atoms with van der Waals surface area (Å²) < 4.78 is 0. The van der Waals surface area contributed by atoms with Crippen molar-refractivity contribution in [2.24, 2.45) is 0 Å². The summed E-state index contributed by atoms with van der Waals surface area (Å²) >= 11 is 0. The van der Waals surface area contributed by atoms with E-state index >= 15 is 0 Å². The van der Waals surface area contributed by atoms with Gasteiger partial charge in [0.15, 0.2) is 0 Å². The quantitative estimate of drug-likeness (QED) is 0.825. The third-order valence-electron chi connectivity index (χ3n) is 3.42. The maximum Gasteiger partial charge on any atom is 0.0758 e. The monoisotopic (exact) mass is 240 g/mol. The van der Waals surface area contributed by atoms with Gasteiger partial charge >= 0.3 is 0 Å². The molecule has 2 aromatic heterocycles. The van der Waals surface area contributed by atoms with Crippen LogP contribution in [-0.2, 0) is 6.54 Å². The molecule has 0 bridgehead atoms. The van der Waals surface area contributed by atoms with Crippen LogP contribution >= 0.6 is 0 Å². The summed E-state index contributed by atoms with van der Waals surface area (Å²) in [5.74, 6) is 0. The van der Waals surface area contributed by atoms with Crippen molar-refractivity contribution in [3.63, 3.8) is 0 Å². The summed E-state index contributed by atoms with van der Waals surface area (Å²) in [4.78, 5) is 15.1. The Bertz CT molecular complexity index is 486. The van der Waals surface area contributed by atoms with Crippen molar-refractivity contribution in [3.8, 4) is 0 Å². The predicted octanol–water partition coefficient (Wildman–Crippen LogP) is 2.21. The summed E-state index contributed by atoms with van der Waals surface area (Å²) in [6, 6.07) is 4.56. The molecule has 4 heteroatoms. The molecule has 1 saturated heterocycles. The second kappa shape index (κ2) is 5.23. The Morgan fingerprint density at radius 3 is 2.78 bits per heavy atom. The lowest BCUT2D eigenvalue weighted by Gasteiger charge is -2.23. The lowest BCUT2D eigenvalue weighted by Crippen LogP contribution is -2.23. The van der Waals surface area contributed by atoms with E-state index in [1.54, 1.807) is 12.4 Å². The van der Waals surface area contributed by atoms with Crippen LogP contribution in [0.3, 0.4) is 0 Å². The average Bonchev–Trinajstić information content (AvgIpc) is 2.89. The summed E-state index contributed by atoms with van der Waals surface area (Å²) in [5.41, 5.74) is 2.39. The minimum absolute atomic E-state index is 0.409. The molecular weight excluding hydrogens is 224 g/mol. The molecule has 1 fully saturated rings. The minimum Gasteiger partial charge on any atom is -0.290 e. The van der Waals surface area contributed by atoms with Gasteiger partial charge in [-0.15, -0.1) is 0 Å². The molecule has 0 spiro atoms. The van der Waals surface area contributed by atoms with E-state index in [-0.39, 0.29) is 0 Å². The lowest BCUT2D eigenvalue weighted by molar-refractivity contribution is 0.244. The molecule has 4 nitrogen and oxygen atoms in total. The molecule has 3 rings (SSSR count). The molecule has 0 radical (unpaired) electrons. The molecule has 0 saturated carbocycles. The Labute approximate surface area is 107 Å². The first-order chi connectivity index (χ1) is 8.93. The highest BCUT2D eigenvalue weighted by atomic mass is 15.2. The number of aromatic nitrogens is 3. The van der Waals surface area contributed by atoms with E-state index in [0.717, 1.165) is 18.8 Å². The van der Waals surface area contributed by atoms with Crippen LogP contribution in [0.25, 0.3) is 0 Å². The van der Waals surface area contributed by atoms with Gasteiger partial charge in [0, 0.05) is 37.5 Å². The summed E-state index contributed by atoms with van der Waals surface area (Å²) in [6.45, 7) is 2.09. The van der Waals surface area contributed by atoms with Crippen LogP contribution in [0.15, 0.2) is 43.1 Å². The third-order valence-corrected chi connectivity index (χ3v) is 3.42. The molecule has 1 aliphatic heterocycles. The first kappa shape index (κ1) is 11.3. The summed E-state index contributed by atoms with van der Waals surface area (Å²) in [5, 5.41) is 0. The fourth-order valence-corrected chi connectivity index (χ4v) is 2.56. The molecule has 0 unspecified atom stereocenters. The smallest absolute Gasteiger partial charge is 0.0758 e. The van der Waals surface area contributed by atoms with Crippen LogP contribution in [0.5, 0.6) is 0 Å². The van der Waals surface area contributed by atoms with Crippen LogP contribution < -0.4 is 0 Å². The maximum atomic E-state index is 4.44. The molecule has 0 N–H and O–H groups in total. The first-order valence-electron chi connectivity index (χ1n) is 6.32. The van der Waals surface area contributed by atoms with Crippen molar-refractivity contribution < 1.29 is 0 Å². The zero-order valence-corrected chi connectivity index (χ0v) is 10.2. The van der Waals surface area contributed by atoms with Gasteiger partial charge in [-0.25, -0.2) is 0 Å². The fourth-order valence-electron chi connectivity index (χ4n) is 2.56. The maximum absolute atomic E-state index is 4.44. The standard InChI is InChI=1S/C14H16N4/c1-2-14(13-10-16-7-8-17-13)18(9-1)11-12-3-5-15-6-4-12/h3-8,10,14H,1-2,9,11H2/t14-/m1/s1. The Morgan fingerprint density at radius 1 is 1.11 bits per heavy atom. The predicted molar refractivity (Wildman–Crippen MR) is 68.7 cm³/mol. The van der Waals surface area contributed by atoms with Gasteiger partial charge in [0.05, 0.1) is 11.7 Å². The van der Waals surface area contributed by atoms with E-state index in [9.17, 15) is 0 Å². The molecule has 0 aromatic carbocycles. The summed E-state index contributed by atoms with van der Waals surface area (Å²) in [7, 11) is 0. The highest BCUT2D eigenvalue weighted by Gasteiger charge is 2.26. The third kappa shape index (κ3) is 2.38. The van der Waals surface area contributed by atoms with Crippen molar-refractivity contribution in [2.75, 3.05) is 6.54 Å². The number of rotatable bonds is 3. The highest BCUT2D eigenvalue weighted by molar-refractivity contribution is 5.12. The number of pyridine rings is 1. The second-order valence-corrected chi connectivity index (χ2v) is 4.61. The Balaban J connectivity index is 1.76. The largest absolute Gasteiger partial charge is 0.290 e. The van der Waals surface area contributed by atoms with Gasteiger partial charge in [-0.1, -0.05) is 0 Å². The molecule has 0 amide bonds. The van der Waals surface area contributed by atoms with Crippen molar-refractivity contribution in [1.82, 2.24) is 19.9 Å². The van der Waals surface area contributed by atoms with Gasteiger partial charge in [-0.2, -0.15) is 0 Å². The van der Waals surface area contributed by atoms with Gasteiger partial charge in [0.1, 0.15) is 0 Å². The number of hydrogen-bond donors (Lipinski definition) is 0. The topological polar surface area (TPSA) is 41.9 Å². The normalized spacial score (nSPS) is 20.1. The number of hydrogen-bond acceptors (Lipinski definition) is 4. The van der Waals surface area contributed by atoms with Crippen LogP contribution in [-0.4, -0.2) is 26.4 Å². The molecule has 1 aliphatic rings. The van der Waals surface area contributed by atoms with Crippen LogP contribution in [0.2, 0.25) is 0 Å². The Morgan fingerprint density at radius 2 is 2.00 bits per heavy atom. The zero-order chi connectivity index (χ0) is 12.2. The molecule has 1 atom stereocenters. The Hall–Kier alpha value is -1.81. The highest BCUT2D eigenvalue weighted by Crippen LogP contribution is 2.31. The lowest BCUT2D eigenvalue weighted by atomic mass is 10.1. The number of nitrogens with zero attached hydrogens (tertiary/aromatic N) is 4. The average molecular weight is 240 g/mol. The van der Waals surface area contributed by atoms with Gasteiger partial charge in [-0.3, -0.25) is 19.9 Å². The van der Waals surface area contributed by atoms with E-state index in [4.69, 9.17) is 0 Å². The zero-order valence-electron chi connectivity index (χ0n) is 10.2. The van der Waals surface area contributed by atoms with Gasteiger partial charge < -0.3 is 0 Å². The van der Waals surface area contributed by atoms with Gasteiger partial charge in [-0.05, 0) is 37.1 Å². The molecule has 0 aliphatic carbocycles. The summed E-state index contributed by atoms with van der Waals surface area (Å²) in [6.07, 6.45) is 11.5. The SMILES string of the molecule is c1cc(CN2CCC[C@@H]2c2cnccn2)ccn1. The van der Waals surface area contributed by atoms with Gasteiger partial charge in [0.2, 0.25) is 0 Å². The van der Waals surface area contributed by atoms with E-state index in [0.29, 0.717) is 6.04 Å². The molecule has 3 heterocycles. The van der Waals surface area contributed by atoms with Crippen LogP contribution in [0.1, 0.15) is 30.1 Å². The van der Waals surface area contributed by atoms with E-state index in [2.05, 4.69) is 32.0 Å². The minimum atomic E-state index is 0.409. The van der Waals surface area contributed by atoms with Crippen molar-refractivity contribution in [3.05, 3.63) is 54.4 Å². The van der Waals surface area contributed by atoms with Crippen molar-refractivity contribution in [1.29, 1.82) is 0 Å². The van der Waals surface area contributed by atoms with Gasteiger partial charge in [0.25, 0.3) is 0 Å². The van der Waals surface area contributed by atoms with Crippen LogP contribution in [0, 0.1) is 0 Å². The molecule has 18 heavy (non-hydrogen) atoms. The molecule has 92 valence electrons. The van der Waals surface area contributed by atoms with Crippen LogP contribution in [0.4, 0.5) is 0 Å². The van der Waals surface area contributed by atoms with E-state index < -0.39 is 0 Å². The Kier molecular flexibility index (Phi) is 3.28.